The minimum Gasteiger partial charge on any atom is -0.483 e. The molecule has 1 aromatic heterocycles. The lowest BCUT2D eigenvalue weighted by Gasteiger charge is -2.36. The fourth-order valence-electron chi connectivity index (χ4n) is 4.06. The van der Waals surface area contributed by atoms with E-state index in [0.29, 0.717) is 6.42 Å². The second-order valence-corrected chi connectivity index (χ2v) is 7.85. The molecule has 170 valence electrons. The molecule has 0 bridgehead atoms. The van der Waals surface area contributed by atoms with Crippen LogP contribution < -0.4 is 10.2 Å². The Hall–Kier alpha value is -3.91. The van der Waals surface area contributed by atoms with Gasteiger partial charge in [0.05, 0.1) is 12.6 Å². The van der Waals surface area contributed by atoms with Gasteiger partial charge in [-0.25, -0.2) is 4.79 Å². The van der Waals surface area contributed by atoms with Crippen molar-refractivity contribution in [2.24, 2.45) is 0 Å². The van der Waals surface area contributed by atoms with Crippen LogP contribution in [0.5, 0.6) is 5.75 Å². The van der Waals surface area contributed by atoms with Crippen LogP contribution in [-0.4, -0.2) is 51.3 Å². The first-order chi connectivity index (χ1) is 16.0. The van der Waals surface area contributed by atoms with Gasteiger partial charge in [0.15, 0.2) is 11.4 Å². The van der Waals surface area contributed by atoms with Crippen LogP contribution in [0.3, 0.4) is 0 Å². The Morgan fingerprint density at radius 3 is 2.24 bits per heavy atom. The number of rotatable bonds is 8. The summed E-state index contributed by atoms with van der Waals surface area (Å²) < 4.78 is 7.35. The molecule has 0 saturated heterocycles. The van der Waals surface area contributed by atoms with Crippen molar-refractivity contribution in [1.29, 1.82) is 0 Å². The number of aromatic carboxylic acids is 1. The highest BCUT2D eigenvalue weighted by atomic mass is 16.5. The Morgan fingerprint density at radius 2 is 1.64 bits per heavy atom. The zero-order valence-electron chi connectivity index (χ0n) is 17.9. The molecule has 1 amide bonds. The molecule has 0 saturated carbocycles. The van der Waals surface area contributed by atoms with Crippen molar-refractivity contribution in [1.82, 2.24) is 9.47 Å². The standard InChI is InChI=1S/C25H24N2O6/c28-12-11-26-14-19(13-17-7-3-1-4-8-17)27-15-20(25(31)32)22(29)23(21(27)24(26)30)33-16-18-9-5-2-6-10-18/h1-10,15,19,28H,11-14,16H2,(H,31,32). The van der Waals surface area contributed by atoms with Crippen LogP contribution in [0.15, 0.2) is 71.7 Å². The molecule has 2 N–H and O–H groups in total. The highest BCUT2D eigenvalue weighted by Crippen LogP contribution is 2.30. The van der Waals surface area contributed by atoms with Crippen LogP contribution in [0, 0.1) is 0 Å². The number of β-amino-alcohol motifs (C(OH)–C–C–N with tert-alkyl or cyclic N) is 1. The minimum absolute atomic E-state index is 0.00145. The van der Waals surface area contributed by atoms with E-state index >= 15 is 0 Å². The Kier molecular flexibility index (Phi) is 6.55. The number of pyridine rings is 1. The third kappa shape index (κ3) is 4.65. The van der Waals surface area contributed by atoms with Gasteiger partial charge in [0.25, 0.3) is 5.91 Å². The predicted molar refractivity (Wildman–Crippen MR) is 121 cm³/mol. The molecule has 3 aromatic rings. The first-order valence-corrected chi connectivity index (χ1v) is 10.6. The monoisotopic (exact) mass is 448 g/mol. The van der Waals surface area contributed by atoms with Crippen molar-refractivity contribution >= 4 is 11.9 Å². The second kappa shape index (κ2) is 9.70. The van der Waals surface area contributed by atoms with Crippen LogP contribution in [0.1, 0.15) is 38.0 Å². The SMILES string of the molecule is O=C(O)c1cn2c(c(OCc3ccccc3)c1=O)C(=O)N(CCO)CC2Cc1ccccc1. The number of aromatic nitrogens is 1. The molecule has 0 aliphatic carbocycles. The van der Waals surface area contributed by atoms with Crippen molar-refractivity contribution in [2.75, 3.05) is 19.7 Å². The van der Waals surface area contributed by atoms with Crippen molar-refractivity contribution < 1.29 is 24.5 Å². The summed E-state index contributed by atoms with van der Waals surface area (Å²) in [6, 6.07) is 18.3. The maximum atomic E-state index is 13.3. The molecule has 0 spiro atoms. The van der Waals surface area contributed by atoms with E-state index in [2.05, 4.69) is 0 Å². The van der Waals surface area contributed by atoms with Crippen LogP contribution in [-0.2, 0) is 13.0 Å². The number of carboxylic acids is 1. The van der Waals surface area contributed by atoms with Gasteiger partial charge in [-0.3, -0.25) is 9.59 Å². The van der Waals surface area contributed by atoms with Gasteiger partial charge in [-0.15, -0.1) is 0 Å². The quantitative estimate of drug-likeness (QED) is 0.548. The number of aliphatic hydroxyl groups excluding tert-OH is 1. The number of amides is 1. The van der Waals surface area contributed by atoms with E-state index in [-0.39, 0.29) is 43.8 Å². The number of hydrogen-bond donors (Lipinski definition) is 2. The van der Waals surface area contributed by atoms with E-state index in [1.165, 1.54) is 11.1 Å². The second-order valence-electron chi connectivity index (χ2n) is 7.85. The number of hydrogen-bond acceptors (Lipinski definition) is 5. The fourth-order valence-corrected chi connectivity index (χ4v) is 4.06. The van der Waals surface area contributed by atoms with Crippen LogP contribution in [0.4, 0.5) is 0 Å². The molecular weight excluding hydrogens is 424 g/mol. The molecular formula is C25H24N2O6. The summed E-state index contributed by atoms with van der Waals surface area (Å²) >= 11 is 0. The lowest BCUT2D eigenvalue weighted by molar-refractivity contribution is 0.0608. The van der Waals surface area contributed by atoms with Crippen LogP contribution >= 0.6 is 0 Å². The lowest BCUT2D eigenvalue weighted by Crippen LogP contribution is -2.46. The summed E-state index contributed by atoms with van der Waals surface area (Å²) in [5.41, 5.74) is 0.467. The molecule has 8 heteroatoms. The predicted octanol–water partition coefficient (Wildman–Crippen LogP) is 2.36. The minimum atomic E-state index is -1.39. The van der Waals surface area contributed by atoms with Gasteiger partial charge in [0.2, 0.25) is 5.43 Å². The number of benzene rings is 2. The lowest BCUT2D eigenvalue weighted by atomic mass is 10.0. The summed E-state index contributed by atoms with van der Waals surface area (Å²) in [6.07, 6.45) is 1.74. The van der Waals surface area contributed by atoms with Gasteiger partial charge in [0.1, 0.15) is 12.2 Å². The van der Waals surface area contributed by atoms with E-state index in [9.17, 15) is 24.6 Å². The van der Waals surface area contributed by atoms with Gasteiger partial charge in [0, 0.05) is 19.3 Å². The van der Waals surface area contributed by atoms with E-state index in [4.69, 9.17) is 4.74 Å². The summed E-state index contributed by atoms with van der Waals surface area (Å²) in [5, 5.41) is 19.1. The van der Waals surface area contributed by atoms with E-state index < -0.39 is 22.9 Å². The maximum Gasteiger partial charge on any atom is 0.341 e. The van der Waals surface area contributed by atoms with Gasteiger partial charge in [-0.1, -0.05) is 60.7 Å². The number of carboxylic acid groups (broad SMARTS) is 1. The third-order valence-electron chi connectivity index (χ3n) is 5.65. The van der Waals surface area contributed by atoms with E-state index in [0.717, 1.165) is 11.1 Å². The summed E-state index contributed by atoms with van der Waals surface area (Å²) in [5.74, 6) is -2.15. The maximum absolute atomic E-state index is 13.3. The molecule has 1 aliphatic heterocycles. The van der Waals surface area contributed by atoms with Crippen molar-refractivity contribution in [2.45, 2.75) is 19.1 Å². The Balaban J connectivity index is 1.83. The van der Waals surface area contributed by atoms with Crippen molar-refractivity contribution in [3.63, 3.8) is 0 Å². The number of carbonyl (C=O) groups excluding carboxylic acids is 1. The average molecular weight is 448 g/mol. The van der Waals surface area contributed by atoms with Crippen LogP contribution in [0.25, 0.3) is 0 Å². The smallest absolute Gasteiger partial charge is 0.341 e. The van der Waals surface area contributed by atoms with Gasteiger partial charge < -0.3 is 24.4 Å². The zero-order valence-corrected chi connectivity index (χ0v) is 17.9. The molecule has 2 aromatic carbocycles. The van der Waals surface area contributed by atoms with Gasteiger partial charge in [-0.05, 0) is 17.5 Å². The summed E-state index contributed by atoms with van der Waals surface area (Å²) in [4.78, 5) is 39.7. The molecule has 1 aliphatic rings. The van der Waals surface area contributed by atoms with Crippen molar-refractivity contribution in [3.8, 4) is 5.75 Å². The molecule has 4 rings (SSSR count). The molecule has 0 fully saturated rings. The van der Waals surface area contributed by atoms with Gasteiger partial charge in [-0.2, -0.15) is 0 Å². The number of aliphatic hydroxyl groups is 1. The molecule has 33 heavy (non-hydrogen) atoms. The largest absolute Gasteiger partial charge is 0.483 e. The van der Waals surface area contributed by atoms with E-state index in [1.54, 1.807) is 4.57 Å². The third-order valence-corrected chi connectivity index (χ3v) is 5.65. The number of nitrogens with zero attached hydrogens (tertiary/aromatic N) is 2. The highest BCUT2D eigenvalue weighted by Gasteiger charge is 2.36. The summed E-state index contributed by atoms with van der Waals surface area (Å²) in [7, 11) is 0. The topological polar surface area (TPSA) is 109 Å². The number of fused-ring (bicyclic) bond motifs is 1. The van der Waals surface area contributed by atoms with Crippen molar-refractivity contribution in [3.05, 3.63) is 99.5 Å². The highest BCUT2D eigenvalue weighted by molar-refractivity contribution is 5.97. The average Bonchev–Trinajstić information content (AvgIpc) is 2.82. The molecule has 1 unspecified atom stereocenters. The fraction of sp³-hybridized carbons (Fsp3) is 0.240. The summed E-state index contributed by atoms with van der Waals surface area (Å²) in [6.45, 7) is 0.128. The van der Waals surface area contributed by atoms with Crippen LogP contribution in [0.2, 0.25) is 0 Å². The molecule has 1 atom stereocenters. The number of ether oxygens (including phenoxy) is 1. The molecule has 2 heterocycles. The number of carbonyl (C=O) groups is 2. The Bertz CT molecular complexity index is 1210. The zero-order chi connectivity index (χ0) is 23.4. The molecule has 8 nitrogen and oxygen atoms in total. The van der Waals surface area contributed by atoms with Gasteiger partial charge >= 0.3 is 5.97 Å². The first-order valence-electron chi connectivity index (χ1n) is 10.6. The molecule has 0 radical (unpaired) electrons. The Labute approximate surface area is 190 Å². The normalized spacial score (nSPS) is 15.2. The Morgan fingerprint density at radius 1 is 1.00 bits per heavy atom. The first kappa shape index (κ1) is 22.3. The van der Waals surface area contributed by atoms with E-state index in [1.807, 2.05) is 60.7 Å².